The van der Waals surface area contributed by atoms with Crippen molar-refractivity contribution < 1.29 is 14.3 Å². The smallest absolute Gasteiger partial charge is 0.407 e. The molecule has 1 aliphatic heterocycles. The van der Waals surface area contributed by atoms with Gasteiger partial charge in [-0.3, -0.25) is 0 Å². The average molecular weight is 382 g/mol. The van der Waals surface area contributed by atoms with Gasteiger partial charge in [0.25, 0.3) is 0 Å². The molecular weight excluding hydrogens is 350 g/mol. The molecule has 4 heteroatoms. The van der Waals surface area contributed by atoms with E-state index in [1.165, 1.54) is 19.3 Å². The van der Waals surface area contributed by atoms with Gasteiger partial charge in [0.15, 0.2) is 0 Å². The molecule has 7 atom stereocenters. The van der Waals surface area contributed by atoms with Gasteiger partial charge in [0.2, 0.25) is 0 Å². The van der Waals surface area contributed by atoms with E-state index in [9.17, 15) is 4.79 Å². The summed E-state index contributed by atoms with van der Waals surface area (Å²) >= 11 is 0. The predicted molar refractivity (Wildman–Crippen MR) is 109 cm³/mol. The van der Waals surface area contributed by atoms with Crippen molar-refractivity contribution in [3.05, 3.63) is 42.0 Å². The monoisotopic (exact) mass is 381 g/mol. The number of benzene rings is 1. The molecule has 1 amide bonds. The van der Waals surface area contributed by atoms with Crippen molar-refractivity contribution in [2.45, 2.75) is 57.8 Å². The van der Waals surface area contributed by atoms with Crippen LogP contribution in [-0.4, -0.2) is 24.9 Å². The van der Waals surface area contributed by atoms with Crippen LogP contribution < -0.4 is 5.32 Å². The summed E-state index contributed by atoms with van der Waals surface area (Å²) in [7, 11) is 0. The highest BCUT2D eigenvalue weighted by molar-refractivity contribution is 5.69. The van der Waals surface area contributed by atoms with Gasteiger partial charge >= 0.3 is 6.09 Å². The first-order chi connectivity index (χ1) is 13.3. The molecule has 1 saturated heterocycles. The number of rotatable bonds is 5. The van der Waals surface area contributed by atoms with E-state index in [-0.39, 0.29) is 6.09 Å². The SMILES string of the molecule is C=C(C)c1cccc(C(C)(C)NC(=O)OCC2CC3CC2C2CC4OC4C32)c1. The number of amides is 1. The molecule has 1 N–H and O–H groups in total. The van der Waals surface area contributed by atoms with Crippen molar-refractivity contribution in [3.63, 3.8) is 0 Å². The molecule has 0 aromatic heterocycles. The molecule has 7 unspecified atom stereocenters. The third-order valence-electron chi connectivity index (χ3n) is 7.80. The first kappa shape index (κ1) is 18.2. The van der Waals surface area contributed by atoms with Crippen molar-refractivity contribution in [2.75, 3.05) is 6.61 Å². The fraction of sp³-hybridized carbons (Fsp3) is 0.625. The fourth-order valence-corrected chi connectivity index (χ4v) is 6.38. The molecular formula is C24H31NO3. The van der Waals surface area contributed by atoms with E-state index in [0.717, 1.165) is 40.4 Å². The highest BCUT2D eigenvalue weighted by atomic mass is 16.6. The van der Waals surface area contributed by atoms with E-state index in [1.54, 1.807) is 0 Å². The van der Waals surface area contributed by atoms with E-state index < -0.39 is 5.54 Å². The summed E-state index contributed by atoms with van der Waals surface area (Å²) in [6.45, 7) is 10.6. The van der Waals surface area contributed by atoms with Crippen molar-refractivity contribution in [1.82, 2.24) is 5.32 Å². The first-order valence-corrected chi connectivity index (χ1v) is 10.7. The number of carbonyl (C=O) groups excluding carboxylic acids is 1. The maximum Gasteiger partial charge on any atom is 0.407 e. The summed E-state index contributed by atoms with van der Waals surface area (Å²) in [4.78, 5) is 12.5. The molecule has 0 radical (unpaired) electrons. The van der Waals surface area contributed by atoms with Crippen LogP contribution in [0.2, 0.25) is 0 Å². The van der Waals surface area contributed by atoms with Crippen LogP contribution >= 0.6 is 0 Å². The van der Waals surface area contributed by atoms with Gasteiger partial charge in [0.1, 0.15) is 0 Å². The van der Waals surface area contributed by atoms with Gasteiger partial charge in [0, 0.05) is 0 Å². The lowest BCUT2D eigenvalue weighted by atomic mass is 9.75. The van der Waals surface area contributed by atoms with Crippen molar-refractivity contribution in [1.29, 1.82) is 0 Å². The summed E-state index contributed by atoms with van der Waals surface area (Å²) in [5, 5.41) is 3.06. The molecule has 2 bridgehead atoms. The number of hydrogen-bond donors (Lipinski definition) is 1. The minimum Gasteiger partial charge on any atom is -0.449 e. The van der Waals surface area contributed by atoms with Crippen LogP contribution in [0.15, 0.2) is 30.8 Å². The van der Waals surface area contributed by atoms with Crippen LogP contribution in [-0.2, 0) is 15.0 Å². The molecule has 4 aliphatic rings. The number of allylic oxidation sites excluding steroid dienone is 1. The molecule has 28 heavy (non-hydrogen) atoms. The van der Waals surface area contributed by atoms with Gasteiger partial charge in [-0.15, -0.1) is 0 Å². The standard InChI is InChI=1S/C24H31NO3/c1-13(2)14-6-5-7-17(9-14)24(3,4)25-23(26)27-12-16-8-15-10-18(16)19-11-20-22(28-20)21(15)19/h5-7,9,15-16,18-22H,1,8,10-12H2,2-4H3,(H,25,26). The molecule has 150 valence electrons. The van der Waals surface area contributed by atoms with Gasteiger partial charge in [-0.1, -0.05) is 30.4 Å². The van der Waals surface area contributed by atoms with Gasteiger partial charge in [-0.25, -0.2) is 4.79 Å². The molecule has 1 heterocycles. The molecule has 1 aromatic rings. The number of epoxide rings is 1. The second-order valence-corrected chi connectivity index (χ2v) is 9.98. The largest absolute Gasteiger partial charge is 0.449 e. The van der Waals surface area contributed by atoms with E-state index in [4.69, 9.17) is 9.47 Å². The Bertz CT molecular complexity index is 816. The summed E-state index contributed by atoms with van der Waals surface area (Å²) in [5.74, 6) is 3.69. The zero-order chi connectivity index (χ0) is 19.6. The lowest BCUT2D eigenvalue weighted by molar-refractivity contribution is 0.0621. The second-order valence-electron chi connectivity index (χ2n) is 9.98. The molecule has 5 rings (SSSR count). The summed E-state index contributed by atoms with van der Waals surface area (Å²) in [5.41, 5.74) is 2.67. The van der Waals surface area contributed by atoms with Gasteiger partial charge in [-0.2, -0.15) is 0 Å². The normalized spacial score (nSPS) is 37.3. The zero-order valence-corrected chi connectivity index (χ0v) is 17.1. The summed E-state index contributed by atoms with van der Waals surface area (Å²) in [6, 6.07) is 8.18. The summed E-state index contributed by atoms with van der Waals surface area (Å²) in [6.07, 6.45) is 4.57. The second kappa shape index (κ2) is 6.35. The average Bonchev–Trinajstić information content (AvgIpc) is 3.01. The van der Waals surface area contributed by atoms with Crippen LogP contribution in [0, 0.1) is 29.6 Å². The fourth-order valence-electron chi connectivity index (χ4n) is 6.38. The maximum atomic E-state index is 12.5. The van der Waals surface area contributed by atoms with Gasteiger partial charge in [-0.05, 0) is 86.8 Å². The van der Waals surface area contributed by atoms with E-state index >= 15 is 0 Å². The molecule has 1 aromatic carbocycles. The molecule has 0 spiro atoms. The minimum absolute atomic E-state index is 0.317. The van der Waals surface area contributed by atoms with E-state index in [1.807, 2.05) is 39.0 Å². The van der Waals surface area contributed by atoms with Gasteiger partial charge in [0.05, 0.1) is 24.4 Å². The number of fused-ring (bicyclic) bond motifs is 7. The van der Waals surface area contributed by atoms with Crippen molar-refractivity contribution in [2.24, 2.45) is 29.6 Å². The van der Waals surface area contributed by atoms with Crippen LogP contribution in [0.25, 0.3) is 5.57 Å². The number of carbonyl (C=O) groups is 1. The quantitative estimate of drug-likeness (QED) is 0.750. The van der Waals surface area contributed by atoms with Crippen molar-refractivity contribution >= 4 is 11.7 Å². The Morgan fingerprint density at radius 2 is 2.11 bits per heavy atom. The third kappa shape index (κ3) is 2.97. The van der Waals surface area contributed by atoms with Crippen molar-refractivity contribution in [3.8, 4) is 0 Å². The predicted octanol–water partition coefficient (Wildman–Crippen LogP) is 4.74. The van der Waals surface area contributed by atoms with Crippen LogP contribution in [0.4, 0.5) is 4.79 Å². The van der Waals surface area contributed by atoms with Crippen LogP contribution in [0.5, 0.6) is 0 Å². The summed E-state index contributed by atoms with van der Waals surface area (Å²) < 4.78 is 11.5. The Labute approximate surface area is 167 Å². The first-order valence-electron chi connectivity index (χ1n) is 10.7. The molecule has 3 aliphatic carbocycles. The minimum atomic E-state index is -0.494. The van der Waals surface area contributed by atoms with Crippen LogP contribution in [0.1, 0.15) is 51.2 Å². The topological polar surface area (TPSA) is 50.9 Å². The van der Waals surface area contributed by atoms with Crippen LogP contribution in [0.3, 0.4) is 0 Å². The van der Waals surface area contributed by atoms with Gasteiger partial charge < -0.3 is 14.8 Å². The Balaban J connectivity index is 1.17. The van der Waals surface area contributed by atoms with E-state index in [0.29, 0.717) is 24.7 Å². The molecule has 4 nitrogen and oxygen atoms in total. The Kier molecular flexibility index (Phi) is 4.13. The number of nitrogens with one attached hydrogen (secondary N) is 1. The Morgan fingerprint density at radius 1 is 1.29 bits per heavy atom. The van der Waals surface area contributed by atoms with E-state index in [2.05, 4.69) is 18.0 Å². The Hall–Kier alpha value is -1.81. The number of ether oxygens (including phenoxy) is 2. The highest BCUT2D eigenvalue weighted by Crippen LogP contribution is 2.65. The molecule has 4 fully saturated rings. The lowest BCUT2D eigenvalue weighted by Crippen LogP contribution is -2.42. The maximum absolute atomic E-state index is 12.5. The zero-order valence-electron chi connectivity index (χ0n) is 17.1. The number of alkyl carbamates (subject to hydrolysis) is 1. The lowest BCUT2D eigenvalue weighted by Gasteiger charge is -2.33. The highest BCUT2D eigenvalue weighted by Gasteiger charge is 2.66. The third-order valence-corrected chi connectivity index (χ3v) is 7.80. The number of hydrogen-bond acceptors (Lipinski definition) is 3. The Morgan fingerprint density at radius 3 is 2.89 bits per heavy atom. The molecule has 3 saturated carbocycles.